The predicted octanol–water partition coefficient (Wildman–Crippen LogP) is 3.12. The minimum Gasteiger partial charge on any atom is -0.372 e. The fourth-order valence-corrected chi connectivity index (χ4v) is 5.10. The highest BCUT2D eigenvalue weighted by molar-refractivity contribution is 6.39. The van der Waals surface area contributed by atoms with Crippen LogP contribution in [-0.4, -0.2) is 46.9 Å². The van der Waals surface area contributed by atoms with E-state index in [1.807, 2.05) is 52.0 Å². The number of nitrogens with zero attached hydrogens (tertiary/aromatic N) is 2. The van der Waals surface area contributed by atoms with Gasteiger partial charge in [-0.15, -0.1) is 0 Å². The van der Waals surface area contributed by atoms with Gasteiger partial charge in [0.05, 0.1) is 0 Å². The summed E-state index contributed by atoms with van der Waals surface area (Å²) in [6.07, 6.45) is 5.09. The maximum atomic E-state index is 13.0. The summed E-state index contributed by atoms with van der Waals surface area (Å²) in [7, 11) is 0. The van der Waals surface area contributed by atoms with E-state index in [9.17, 15) is 9.59 Å². The number of rotatable bonds is 2. The van der Waals surface area contributed by atoms with E-state index < -0.39 is 22.9 Å². The molecule has 2 fully saturated rings. The molecule has 0 aliphatic carbocycles. The first-order valence-corrected chi connectivity index (χ1v) is 10.4. The average Bonchev–Trinajstić information content (AvgIpc) is 2.60. The van der Waals surface area contributed by atoms with Gasteiger partial charge in [-0.05, 0) is 84.1 Å². The van der Waals surface area contributed by atoms with Gasteiger partial charge in [0.15, 0.2) is 0 Å². The molecular weight excluding hydrogens is 352 g/mol. The van der Waals surface area contributed by atoms with Crippen molar-refractivity contribution in [2.24, 2.45) is 5.73 Å². The second-order valence-corrected chi connectivity index (χ2v) is 9.48. The lowest BCUT2D eigenvalue weighted by atomic mass is 9.77. The van der Waals surface area contributed by atoms with Crippen LogP contribution < -0.4 is 16.0 Å². The van der Waals surface area contributed by atoms with Crippen LogP contribution in [0.2, 0.25) is 0 Å². The van der Waals surface area contributed by atoms with Gasteiger partial charge in [-0.3, -0.25) is 9.59 Å². The molecule has 1 aromatic carbocycles. The quantitative estimate of drug-likeness (QED) is 0.766. The number of anilines is 2. The molecule has 28 heavy (non-hydrogen) atoms. The molecule has 2 aliphatic heterocycles. The molecule has 0 unspecified atom stereocenters. The minimum absolute atomic E-state index is 0.0273. The van der Waals surface area contributed by atoms with Gasteiger partial charge in [0.25, 0.3) is 0 Å². The van der Waals surface area contributed by atoms with Crippen molar-refractivity contribution >= 4 is 23.2 Å². The summed E-state index contributed by atoms with van der Waals surface area (Å²) in [5.74, 6) is -1.09. The maximum absolute atomic E-state index is 13.0. The van der Waals surface area contributed by atoms with E-state index in [0.29, 0.717) is 18.5 Å². The van der Waals surface area contributed by atoms with E-state index >= 15 is 0 Å². The van der Waals surface area contributed by atoms with Crippen molar-refractivity contribution in [3.05, 3.63) is 24.3 Å². The number of hydrogen-bond donors (Lipinski definition) is 2. The van der Waals surface area contributed by atoms with Crippen LogP contribution in [0.1, 0.15) is 59.8 Å². The number of hydrogen-bond acceptors (Lipinski definition) is 4. The fraction of sp³-hybridized carbons (Fsp3) is 0.636. The monoisotopic (exact) mass is 386 g/mol. The van der Waals surface area contributed by atoms with Crippen molar-refractivity contribution in [2.75, 3.05) is 23.3 Å². The third kappa shape index (κ3) is 4.32. The number of carbonyl (C=O) groups is 2. The van der Waals surface area contributed by atoms with E-state index in [4.69, 9.17) is 5.73 Å². The predicted molar refractivity (Wildman–Crippen MR) is 113 cm³/mol. The molecule has 0 bridgehead atoms. The lowest BCUT2D eigenvalue weighted by molar-refractivity contribution is -0.156. The van der Waals surface area contributed by atoms with Crippen LogP contribution in [-0.2, 0) is 9.59 Å². The Balaban J connectivity index is 1.69. The number of carbonyl (C=O) groups excluding carboxylic acids is 2. The summed E-state index contributed by atoms with van der Waals surface area (Å²) in [5.41, 5.74) is 7.06. The second kappa shape index (κ2) is 7.74. The Bertz CT molecular complexity index is 703. The molecule has 154 valence electrons. The smallest absolute Gasteiger partial charge is 0.313 e. The molecule has 2 aliphatic rings. The van der Waals surface area contributed by atoms with E-state index in [-0.39, 0.29) is 6.04 Å². The standard InChI is InChI=1S/C22H34N4O2/c1-21(2)14-16(23)15-22(3,4)26(21)20(28)19(27)24-17-8-10-18(11-9-17)25-12-6-5-7-13-25/h8-11,16H,5-7,12-15,23H2,1-4H3,(H,24,27). The highest BCUT2D eigenvalue weighted by Crippen LogP contribution is 2.38. The van der Waals surface area contributed by atoms with E-state index in [1.54, 1.807) is 4.90 Å². The van der Waals surface area contributed by atoms with Gasteiger partial charge in [0.1, 0.15) is 0 Å². The first-order chi connectivity index (χ1) is 13.1. The third-order valence-corrected chi connectivity index (χ3v) is 5.98. The Morgan fingerprint density at radius 2 is 1.50 bits per heavy atom. The van der Waals surface area contributed by atoms with Crippen LogP contribution in [0.4, 0.5) is 11.4 Å². The summed E-state index contributed by atoms with van der Waals surface area (Å²) >= 11 is 0. The van der Waals surface area contributed by atoms with Crippen molar-refractivity contribution in [3.63, 3.8) is 0 Å². The highest BCUT2D eigenvalue weighted by Gasteiger charge is 2.48. The van der Waals surface area contributed by atoms with Gasteiger partial charge in [0, 0.05) is 41.6 Å². The van der Waals surface area contributed by atoms with E-state index in [2.05, 4.69) is 10.2 Å². The Hall–Kier alpha value is -2.08. The molecule has 0 radical (unpaired) electrons. The summed E-state index contributed by atoms with van der Waals surface area (Å²) in [5, 5.41) is 2.78. The Morgan fingerprint density at radius 3 is 2.04 bits per heavy atom. The van der Waals surface area contributed by atoms with Gasteiger partial charge in [-0.1, -0.05) is 0 Å². The fourth-order valence-electron chi connectivity index (χ4n) is 5.10. The van der Waals surface area contributed by atoms with Crippen molar-refractivity contribution in [1.82, 2.24) is 4.90 Å². The molecule has 6 heteroatoms. The Kier molecular flexibility index (Phi) is 5.71. The zero-order chi connectivity index (χ0) is 20.5. The molecule has 2 amide bonds. The van der Waals surface area contributed by atoms with Crippen molar-refractivity contribution in [1.29, 1.82) is 0 Å². The number of benzene rings is 1. The van der Waals surface area contributed by atoms with Crippen LogP contribution in [0, 0.1) is 0 Å². The summed E-state index contributed by atoms with van der Waals surface area (Å²) in [6.45, 7) is 10.1. The molecule has 2 heterocycles. The number of likely N-dealkylation sites (tertiary alicyclic amines) is 1. The van der Waals surface area contributed by atoms with Crippen LogP contribution in [0.5, 0.6) is 0 Å². The largest absolute Gasteiger partial charge is 0.372 e. The number of nitrogens with one attached hydrogen (secondary N) is 1. The van der Waals surface area contributed by atoms with Crippen molar-refractivity contribution in [2.45, 2.75) is 76.9 Å². The number of amides is 2. The highest BCUT2D eigenvalue weighted by atomic mass is 16.2. The molecular formula is C22H34N4O2. The Morgan fingerprint density at radius 1 is 0.964 bits per heavy atom. The van der Waals surface area contributed by atoms with Gasteiger partial charge < -0.3 is 20.9 Å². The van der Waals surface area contributed by atoms with E-state index in [0.717, 1.165) is 18.8 Å². The van der Waals surface area contributed by atoms with Crippen LogP contribution in [0.3, 0.4) is 0 Å². The minimum atomic E-state index is -0.595. The zero-order valence-electron chi connectivity index (χ0n) is 17.6. The van der Waals surface area contributed by atoms with Crippen LogP contribution in [0.15, 0.2) is 24.3 Å². The molecule has 0 saturated carbocycles. The zero-order valence-corrected chi connectivity index (χ0v) is 17.6. The normalized spacial score (nSPS) is 22.0. The molecule has 3 N–H and O–H groups in total. The molecule has 0 spiro atoms. The molecule has 1 aromatic rings. The lowest BCUT2D eigenvalue weighted by Crippen LogP contribution is -2.66. The first-order valence-electron chi connectivity index (χ1n) is 10.4. The average molecular weight is 387 g/mol. The molecule has 6 nitrogen and oxygen atoms in total. The second-order valence-electron chi connectivity index (χ2n) is 9.48. The number of nitrogens with two attached hydrogens (primary N) is 1. The molecule has 2 saturated heterocycles. The molecule has 3 rings (SSSR count). The Labute approximate surface area is 168 Å². The maximum Gasteiger partial charge on any atom is 0.313 e. The van der Waals surface area contributed by atoms with Gasteiger partial charge in [-0.25, -0.2) is 0 Å². The lowest BCUT2D eigenvalue weighted by Gasteiger charge is -2.54. The van der Waals surface area contributed by atoms with Crippen LogP contribution in [0.25, 0.3) is 0 Å². The van der Waals surface area contributed by atoms with Crippen molar-refractivity contribution < 1.29 is 9.59 Å². The summed E-state index contributed by atoms with van der Waals surface area (Å²) in [6, 6.07) is 7.80. The van der Waals surface area contributed by atoms with Crippen molar-refractivity contribution in [3.8, 4) is 0 Å². The van der Waals surface area contributed by atoms with Gasteiger partial charge >= 0.3 is 11.8 Å². The molecule has 0 aromatic heterocycles. The SMILES string of the molecule is CC1(C)CC(N)CC(C)(C)N1C(=O)C(=O)Nc1ccc(N2CCCCC2)cc1. The number of piperidine rings is 2. The topological polar surface area (TPSA) is 78.7 Å². The summed E-state index contributed by atoms with van der Waals surface area (Å²) < 4.78 is 0. The van der Waals surface area contributed by atoms with Crippen LogP contribution >= 0.6 is 0 Å². The first kappa shape index (κ1) is 20.6. The molecule has 0 atom stereocenters. The van der Waals surface area contributed by atoms with E-state index in [1.165, 1.54) is 19.3 Å². The van der Waals surface area contributed by atoms with Gasteiger partial charge in [-0.2, -0.15) is 0 Å². The van der Waals surface area contributed by atoms with Gasteiger partial charge in [0.2, 0.25) is 0 Å². The third-order valence-electron chi connectivity index (χ3n) is 5.98. The summed E-state index contributed by atoms with van der Waals surface area (Å²) in [4.78, 5) is 29.8.